The average Bonchev–Trinajstić information content (AvgIpc) is 2.16. The topological polar surface area (TPSA) is 56.0 Å². The summed E-state index contributed by atoms with van der Waals surface area (Å²) in [5, 5.41) is -0.751. The molecule has 1 aromatic rings. The molecule has 0 spiro atoms. The SMILES string of the molecule is NCc1nc(C(F)F)ccc1C(=O)Cl. The molecule has 0 saturated heterocycles. The van der Waals surface area contributed by atoms with Gasteiger partial charge < -0.3 is 5.73 Å². The Morgan fingerprint density at radius 3 is 2.64 bits per heavy atom. The second-order valence-corrected chi connectivity index (χ2v) is 2.85. The lowest BCUT2D eigenvalue weighted by molar-refractivity contribution is 0.107. The lowest BCUT2D eigenvalue weighted by atomic mass is 10.2. The molecule has 1 heterocycles. The molecular formula is C8H7ClF2N2O. The van der Waals surface area contributed by atoms with E-state index >= 15 is 0 Å². The number of carbonyl (C=O) groups excluding carboxylic acids is 1. The van der Waals surface area contributed by atoms with E-state index in [1.807, 2.05) is 0 Å². The summed E-state index contributed by atoms with van der Waals surface area (Å²) in [6, 6.07) is 2.26. The van der Waals surface area contributed by atoms with Crippen LogP contribution in [0.2, 0.25) is 0 Å². The van der Waals surface area contributed by atoms with E-state index in [1.54, 1.807) is 0 Å². The highest BCUT2D eigenvalue weighted by Gasteiger charge is 2.14. The number of halogens is 3. The van der Waals surface area contributed by atoms with E-state index in [0.29, 0.717) is 0 Å². The van der Waals surface area contributed by atoms with Crippen molar-refractivity contribution in [2.24, 2.45) is 5.73 Å². The predicted molar refractivity (Wildman–Crippen MR) is 47.3 cm³/mol. The van der Waals surface area contributed by atoms with Gasteiger partial charge in [0.1, 0.15) is 5.69 Å². The number of rotatable bonds is 3. The molecule has 0 aliphatic rings. The first-order valence-corrected chi connectivity index (χ1v) is 4.12. The van der Waals surface area contributed by atoms with E-state index in [1.165, 1.54) is 6.07 Å². The van der Waals surface area contributed by atoms with Crippen LogP contribution < -0.4 is 5.73 Å². The smallest absolute Gasteiger partial charge is 0.280 e. The van der Waals surface area contributed by atoms with E-state index < -0.39 is 17.4 Å². The van der Waals surface area contributed by atoms with Gasteiger partial charge in [0.2, 0.25) is 0 Å². The van der Waals surface area contributed by atoms with Gasteiger partial charge in [-0.1, -0.05) is 0 Å². The summed E-state index contributed by atoms with van der Waals surface area (Å²) in [7, 11) is 0. The van der Waals surface area contributed by atoms with Crippen LogP contribution in [-0.4, -0.2) is 10.2 Å². The Balaban J connectivity index is 3.18. The van der Waals surface area contributed by atoms with Crippen LogP contribution in [0.25, 0.3) is 0 Å². The first-order chi connectivity index (χ1) is 6.56. The number of alkyl halides is 2. The second-order valence-electron chi connectivity index (χ2n) is 2.51. The van der Waals surface area contributed by atoms with Crippen molar-refractivity contribution in [2.75, 3.05) is 0 Å². The Morgan fingerprint density at radius 2 is 2.21 bits per heavy atom. The predicted octanol–water partition coefficient (Wildman–Crippen LogP) is 1.86. The molecule has 0 bridgehead atoms. The molecular weight excluding hydrogens is 214 g/mol. The summed E-state index contributed by atoms with van der Waals surface area (Å²) in [6.07, 6.45) is -2.68. The molecule has 0 amide bonds. The largest absolute Gasteiger partial charge is 0.325 e. The molecule has 0 unspecified atom stereocenters. The van der Waals surface area contributed by atoms with Crippen LogP contribution in [0, 0.1) is 0 Å². The van der Waals surface area contributed by atoms with Crippen molar-refractivity contribution in [3.63, 3.8) is 0 Å². The maximum Gasteiger partial charge on any atom is 0.280 e. The summed E-state index contributed by atoms with van der Waals surface area (Å²) in [4.78, 5) is 14.3. The second kappa shape index (κ2) is 4.43. The molecule has 0 aromatic carbocycles. The van der Waals surface area contributed by atoms with Crippen molar-refractivity contribution in [2.45, 2.75) is 13.0 Å². The Bertz CT molecular complexity index is 357. The zero-order valence-electron chi connectivity index (χ0n) is 7.01. The lowest BCUT2D eigenvalue weighted by Gasteiger charge is -2.05. The molecule has 1 aromatic heterocycles. The van der Waals surface area contributed by atoms with Crippen LogP contribution in [0.5, 0.6) is 0 Å². The van der Waals surface area contributed by atoms with Crippen molar-refractivity contribution in [3.8, 4) is 0 Å². The maximum absolute atomic E-state index is 12.2. The molecule has 3 nitrogen and oxygen atoms in total. The number of pyridine rings is 1. The molecule has 1 rings (SSSR count). The highest BCUT2D eigenvalue weighted by Crippen LogP contribution is 2.19. The molecule has 76 valence electrons. The van der Waals surface area contributed by atoms with Gasteiger partial charge in [-0.3, -0.25) is 4.79 Å². The Hall–Kier alpha value is -1.07. The molecule has 14 heavy (non-hydrogen) atoms. The van der Waals surface area contributed by atoms with Crippen LogP contribution in [0.15, 0.2) is 12.1 Å². The minimum Gasteiger partial charge on any atom is -0.325 e. The molecule has 0 radical (unpaired) electrons. The summed E-state index contributed by atoms with van der Waals surface area (Å²) in [6.45, 7) is -0.103. The monoisotopic (exact) mass is 220 g/mol. The van der Waals surface area contributed by atoms with Gasteiger partial charge in [-0.05, 0) is 23.7 Å². The summed E-state index contributed by atoms with van der Waals surface area (Å²) >= 11 is 5.20. The van der Waals surface area contributed by atoms with Gasteiger partial charge in [0.25, 0.3) is 11.7 Å². The molecule has 0 saturated carbocycles. The van der Waals surface area contributed by atoms with Crippen molar-refractivity contribution in [1.29, 1.82) is 0 Å². The molecule has 6 heteroatoms. The van der Waals surface area contributed by atoms with Crippen LogP contribution in [0.1, 0.15) is 28.2 Å². The summed E-state index contributed by atoms with van der Waals surface area (Å²) < 4.78 is 24.4. The van der Waals surface area contributed by atoms with Gasteiger partial charge in [0.05, 0.1) is 11.3 Å². The number of aromatic nitrogens is 1. The fourth-order valence-corrected chi connectivity index (χ4v) is 1.15. The molecule has 0 fully saturated rings. The van der Waals surface area contributed by atoms with E-state index in [0.717, 1.165) is 6.07 Å². The molecule has 2 N–H and O–H groups in total. The zero-order chi connectivity index (χ0) is 10.7. The minimum atomic E-state index is -2.68. The Morgan fingerprint density at radius 1 is 1.57 bits per heavy atom. The number of nitrogens with two attached hydrogens (primary N) is 1. The van der Waals surface area contributed by atoms with E-state index in [4.69, 9.17) is 17.3 Å². The third-order valence-electron chi connectivity index (χ3n) is 1.62. The van der Waals surface area contributed by atoms with E-state index in [2.05, 4.69) is 4.98 Å². The van der Waals surface area contributed by atoms with E-state index in [-0.39, 0.29) is 17.8 Å². The van der Waals surface area contributed by atoms with Crippen molar-refractivity contribution in [1.82, 2.24) is 4.98 Å². The van der Waals surface area contributed by atoms with Gasteiger partial charge in [-0.15, -0.1) is 0 Å². The first kappa shape index (κ1) is 11.0. The van der Waals surface area contributed by atoms with Crippen LogP contribution >= 0.6 is 11.6 Å². The highest BCUT2D eigenvalue weighted by atomic mass is 35.5. The molecule has 0 atom stereocenters. The van der Waals surface area contributed by atoms with Gasteiger partial charge in [-0.2, -0.15) is 0 Å². The minimum absolute atomic E-state index is 0.0681. The Kier molecular flexibility index (Phi) is 3.49. The van der Waals surface area contributed by atoms with Crippen LogP contribution in [-0.2, 0) is 6.54 Å². The van der Waals surface area contributed by atoms with Gasteiger partial charge in [0.15, 0.2) is 0 Å². The molecule has 0 aliphatic carbocycles. The van der Waals surface area contributed by atoms with Gasteiger partial charge in [0, 0.05) is 6.54 Å². The highest BCUT2D eigenvalue weighted by molar-refractivity contribution is 6.67. The Labute approximate surface area is 83.9 Å². The van der Waals surface area contributed by atoms with Crippen LogP contribution in [0.3, 0.4) is 0 Å². The number of hydrogen-bond donors (Lipinski definition) is 1. The number of hydrogen-bond acceptors (Lipinski definition) is 3. The van der Waals surface area contributed by atoms with Gasteiger partial charge >= 0.3 is 0 Å². The zero-order valence-corrected chi connectivity index (χ0v) is 7.76. The summed E-state index contributed by atoms with van der Waals surface area (Å²) in [5.41, 5.74) is 4.98. The third-order valence-corrected chi connectivity index (χ3v) is 1.83. The standard InChI is InChI=1S/C8H7ClF2N2O/c9-7(14)4-1-2-5(8(10)11)13-6(4)3-12/h1-2,8H,3,12H2. The molecule has 0 aliphatic heterocycles. The van der Waals surface area contributed by atoms with Crippen molar-refractivity contribution < 1.29 is 13.6 Å². The van der Waals surface area contributed by atoms with Crippen molar-refractivity contribution >= 4 is 16.8 Å². The van der Waals surface area contributed by atoms with Crippen molar-refractivity contribution in [3.05, 3.63) is 29.1 Å². The summed E-state index contributed by atoms with van der Waals surface area (Å²) in [5.74, 6) is 0. The number of carbonyl (C=O) groups is 1. The van der Waals surface area contributed by atoms with Gasteiger partial charge in [-0.25, -0.2) is 13.8 Å². The quantitative estimate of drug-likeness (QED) is 0.791. The van der Waals surface area contributed by atoms with E-state index in [9.17, 15) is 13.6 Å². The fourth-order valence-electron chi connectivity index (χ4n) is 0.974. The normalized spacial score (nSPS) is 10.6. The maximum atomic E-state index is 12.2. The number of nitrogens with zero attached hydrogens (tertiary/aromatic N) is 1. The first-order valence-electron chi connectivity index (χ1n) is 3.74. The lowest BCUT2D eigenvalue weighted by Crippen LogP contribution is -2.08. The third kappa shape index (κ3) is 2.24. The average molecular weight is 221 g/mol. The fraction of sp³-hybridized carbons (Fsp3) is 0.250. The van der Waals surface area contributed by atoms with Crippen LogP contribution in [0.4, 0.5) is 8.78 Å².